The van der Waals surface area contributed by atoms with Crippen LogP contribution in [0.25, 0.3) is 0 Å². The topological polar surface area (TPSA) is 65.3 Å². The van der Waals surface area contributed by atoms with Gasteiger partial charge in [0.1, 0.15) is 6.61 Å². The second-order valence-corrected chi connectivity index (χ2v) is 12.5. The van der Waals surface area contributed by atoms with Crippen LogP contribution in [0, 0.1) is 34.5 Å². The highest BCUT2D eigenvalue weighted by Crippen LogP contribution is 2.69. The van der Waals surface area contributed by atoms with Gasteiger partial charge < -0.3 is 20.0 Å². The highest BCUT2D eigenvalue weighted by molar-refractivity contribution is 5.70. The summed E-state index contributed by atoms with van der Waals surface area (Å²) in [5.74, 6) is 2.06. The second kappa shape index (κ2) is 10.4. The molecular formula is C29H48N2O3. The van der Waals surface area contributed by atoms with Crippen LogP contribution in [0.5, 0.6) is 0 Å². The number of allylic oxidation sites excluding steroid dienone is 4. The highest BCUT2D eigenvalue weighted by atomic mass is 16.6. The Labute approximate surface area is 207 Å². The van der Waals surface area contributed by atoms with Crippen LogP contribution in [0.4, 0.5) is 0 Å². The maximum Gasteiger partial charge on any atom is 0.118 e. The summed E-state index contributed by atoms with van der Waals surface area (Å²) in [4.78, 5) is 7.43. The van der Waals surface area contributed by atoms with E-state index in [-0.39, 0.29) is 11.5 Å². The molecule has 4 rings (SSSR count). The maximum atomic E-state index is 12.2. The number of hydrogen-bond acceptors (Lipinski definition) is 5. The molecule has 0 aliphatic heterocycles. The molecule has 0 aromatic rings. The van der Waals surface area contributed by atoms with Gasteiger partial charge in [-0.3, -0.25) is 0 Å². The van der Waals surface area contributed by atoms with Crippen molar-refractivity contribution in [2.45, 2.75) is 89.8 Å². The van der Waals surface area contributed by atoms with Gasteiger partial charge in [-0.05, 0) is 113 Å². The average molecular weight is 473 g/mol. The number of hydrogen-bond donors (Lipinski definition) is 2. The zero-order valence-electron chi connectivity index (χ0n) is 22.0. The van der Waals surface area contributed by atoms with Gasteiger partial charge in [0.15, 0.2) is 0 Å². The van der Waals surface area contributed by atoms with E-state index in [1.165, 1.54) is 12.8 Å². The van der Waals surface area contributed by atoms with Crippen molar-refractivity contribution in [3.8, 4) is 0 Å². The monoisotopic (exact) mass is 472 g/mol. The summed E-state index contributed by atoms with van der Waals surface area (Å²) in [5.41, 5.74) is -0.302. The van der Waals surface area contributed by atoms with Crippen LogP contribution in [-0.4, -0.2) is 60.3 Å². The summed E-state index contributed by atoms with van der Waals surface area (Å²) in [6.45, 7) is 6.49. The summed E-state index contributed by atoms with van der Waals surface area (Å²) in [6, 6.07) is 0. The van der Waals surface area contributed by atoms with E-state index in [2.05, 4.69) is 50.2 Å². The number of oxime groups is 1. The lowest BCUT2D eigenvalue weighted by Gasteiger charge is -2.63. The van der Waals surface area contributed by atoms with E-state index < -0.39 is 5.60 Å². The quantitative estimate of drug-likeness (QED) is 0.221. The van der Waals surface area contributed by atoms with Crippen LogP contribution < -0.4 is 0 Å². The smallest absolute Gasteiger partial charge is 0.118 e. The first-order chi connectivity index (χ1) is 16.2. The first-order valence-electron chi connectivity index (χ1n) is 13.7. The van der Waals surface area contributed by atoms with E-state index in [1.54, 1.807) is 6.21 Å². The fourth-order valence-electron chi connectivity index (χ4n) is 8.44. The van der Waals surface area contributed by atoms with Crippen LogP contribution >= 0.6 is 0 Å². The van der Waals surface area contributed by atoms with E-state index in [9.17, 15) is 10.2 Å². The minimum atomic E-state index is -0.555. The van der Waals surface area contributed by atoms with E-state index in [0.717, 1.165) is 57.9 Å². The van der Waals surface area contributed by atoms with Crippen molar-refractivity contribution in [3.05, 3.63) is 24.3 Å². The summed E-state index contributed by atoms with van der Waals surface area (Å²) in [7, 11) is 4.12. The first-order valence-corrected chi connectivity index (χ1v) is 13.7. The van der Waals surface area contributed by atoms with Crippen molar-refractivity contribution in [1.82, 2.24) is 4.90 Å². The van der Waals surface area contributed by atoms with Crippen LogP contribution in [0.2, 0.25) is 0 Å². The third-order valence-electron chi connectivity index (χ3n) is 10.5. The normalized spacial score (nSPS) is 44.6. The molecule has 4 aliphatic carbocycles. The molecule has 0 unspecified atom stereocenters. The Kier molecular flexibility index (Phi) is 7.96. The SMILES string of the molecule is CN(C)CCCO/N=C/C=C/C=C/[C@H]1CC[C@]2(O)[C@@H]3CC[C@@H]4C[C@@H](O)CC[C@]4(C)[C@H]3CC[C@]12C. The van der Waals surface area contributed by atoms with E-state index >= 15 is 0 Å². The molecule has 0 radical (unpaired) electrons. The number of aliphatic hydroxyl groups is 2. The molecule has 5 heteroatoms. The van der Waals surface area contributed by atoms with Crippen LogP contribution in [-0.2, 0) is 4.84 Å². The molecule has 8 atom stereocenters. The van der Waals surface area contributed by atoms with Gasteiger partial charge in [0.05, 0.1) is 17.9 Å². The Bertz CT molecular complexity index is 779. The largest absolute Gasteiger partial charge is 0.396 e. The van der Waals surface area contributed by atoms with Gasteiger partial charge in [-0.25, -0.2) is 0 Å². The maximum absolute atomic E-state index is 12.2. The zero-order valence-corrected chi connectivity index (χ0v) is 22.0. The molecule has 0 spiro atoms. The van der Waals surface area contributed by atoms with E-state index in [1.807, 2.05) is 12.2 Å². The molecular weight excluding hydrogens is 424 g/mol. The molecule has 0 amide bonds. The predicted molar refractivity (Wildman–Crippen MR) is 139 cm³/mol. The number of nitrogens with zero attached hydrogens (tertiary/aromatic N) is 2. The summed E-state index contributed by atoms with van der Waals surface area (Å²) < 4.78 is 0. The minimum absolute atomic E-state index is 0.0421. The van der Waals surface area contributed by atoms with Gasteiger partial charge in [-0.2, -0.15) is 0 Å². The van der Waals surface area contributed by atoms with E-state index in [4.69, 9.17) is 4.84 Å². The van der Waals surface area contributed by atoms with Crippen LogP contribution in [0.3, 0.4) is 0 Å². The lowest BCUT2D eigenvalue weighted by atomic mass is 9.43. The van der Waals surface area contributed by atoms with Gasteiger partial charge >= 0.3 is 0 Å². The fourth-order valence-corrected chi connectivity index (χ4v) is 8.44. The summed E-state index contributed by atoms with van der Waals surface area (Å²) in [5, 5.41) is 26.5. The Morgan fingerprint density at radius 2 is 1.79 bits per heavy atom. The highest BCUT2D eigenvalue weighted by Gasteiger charge is 2.66. The number of fused-ring (bicyclic) bond motifs is 5. The lowest BCUT2D eigenvalue weighted by Crippen LogP contribution is -2.62. The van der Waals surface area contributed by atoms with Gasteiger partial charge in [-0.1, -0.05) is 37.2 Å². The van der Waals surface area contributed by atoms with Gasteiger partial charge in [0.2, 0.25) is 0 Å². The minimum Gasteiger partial charge on any atom is -0.396 e. The Morgan fingerprint density at radius 1 is 0.971 bits per heavy atom. The Balaban J connectivity index is 1.35. The molecule has 0 saturated heterocycles. The molecule has 34 heavy (non-hydrogen) atoms. The first kappa shape index (κ1) is 25.9. The third kappa shape index (κ3) is 4.77. The molecule has 2 N–H and O–H groups in total. The van der Waals surface area contributed by atoms with E-state index in [0.29, 0.717) is 35.7 Å². The molecule has 4 aliphatic rings. The molecule has 0 aromatic heterocycles. The predicted octanol–water partition coefficient (Wildman–Crippen LogP) is 5.19. The molecule has 192 valence electrons. The second-order valence-electron chi connectivity index (χ2n) is 12.5. The number of rotatable bonds is 8. The van der Waals surface area contributed by atoms with Crippen molar-refractivity contribution < 1.29 is 15.1 Å². The third-order valence-corrected chi connectivity index (χ3v) is 10.5. The molecule has 4 saturated carbocycles. The molecule has 0 bridgehead atoms. The van der Waals surface area contributed by atoms with Crippen molar-refractivity contribution in [2.24, 2.45) is 39.7 Å². The molecule has 4 fully saturated rings. The average Bonchev–Trinajstić information content (AvgIpc) is 3.06. The Morgan fingerprint density at radius 3 is 2.59 bits per heavy atom. The van der Waals surface area contributed by atoms with Crippen molar-refractivity contribution >= 4 is 6.21 Å². The van der Waals surface area contributed by atoms with Gasteiger partial charge in [0, 0.05) is 12.0 Å². The summed E-state index contributed by atoms with van der Waals surface area (Å²) >= 11 is 0. The Hall–Kier alpha value is -1.17. The lowest BCUT2D eigenvalue weighted by molar-refractivity contribution is -0.207. The van der Waals surface area contributed by atoms with Crippen LogP contribution in [0.15, 0.2) is 29.5 Å². The fraction of sp³-hybridized carbons (Fsp3) is 0.828. The standard InChI is InChI=1S/C29H48N2O3/c1-27-15-13-24(32)21-23(27)10-11-26-25(27)14-16-28(2)22(12-17-29(26,28)33)9-6-5-7-18-30-34-20-8-19-31(3)4/h5-7,9,18,22-26,32-33H,8,10-17,19-21H2,1-4H3/b7-5+,9-6+,30-18+/t22-,23+,24-,25-,26+,27-,28+,29-/m0/s1. The molecule has 5 nitrogen and oxygen atoms in total. The van der Waals surface area contributed by atoms with Gasteiger partial charge in [-0.15, -0.1) is 0 Å². The van der Waals surface area contributed by atoms with Gasteiger partial charge in [0.25, 0.3) is 0 Å². The molecule has 0 heterocycles. The molecule has 0 aromatic carbocycles. The zero-order chi connectivity index (χ0) is 24.4. The number of aliphatic hydroxyl groups excluding tert-OH is 1. The van der Waals surface area contributed by atoms with Crippen molar-refractivity contribution in [2.75, 3.05) is 27.2 Å². The summed E-state index contributed by atoms with van der Waals surface area (Å²) in [6.07, 6.45) is 20.6. The van der Waals surface area contributed by atoms with Crippen molar-refractivity contribution in [3.63, 3.8) is 0 Å². The van der Waals surface area contributed by atoms with Crippen molar-refractivity contribution in [1.29, 1.82) is 0 Å². The van der Waals surface area contributed by atoms with Crippen LogP contribution in [0.1, 0.15) is 78.1 Å².